The molecule has 4 rings (SSSR count). The normalized spacial score (nSPS) is 25.8. The first-order valence-electron chi connectivity index (χ1n) is 24.1. The predicted molar refractivity (Wildman–Crippen MR) is 239 cm³/mol. The van der Waals surface area contributed by atoms with E-state index < -0.39 is 17.6 Å². The summed E-state index contributed by atoms with van der Waals surface area (Å²) >= 11 is 0. The van der Waals surface area contributed by atoms with E-state index in [1.807, 2.05) is 78.8 Å². The molecule has 11 atom stereocenters. The van der Waals surface area contributed by atoms with Crippen LogP contribution in [0, 0.1) is 53.3 Å². The first kappa shape index (κ1) is 50.1. The van der Waals surface area contributed by atoms with E-state index in [1.165, 1.54) is 0 Å². The van der Waals surface area contributed by atoms with Crippen LogP contribution in [0.1, 0.15) is 177 Å². The molecule has 0 bridgehead atoms. The average molecular weight is 849 g/mol. The molecule has 0 heterocycles. The second-order valence-electron chi connectivity index (χ2n) is 19.9. The summed E-state index contributed by atoms with van der Waals surface area (Å²) in [4.78, 5) is 81.6. The fourth-order valence-corrected chi connectivity index (χ4v) is 11.1. The molecule has 0 saturated heterocycles. The number of Topliss-reactive ketones (excluding diaryl/α,β-unsaturated/α-hetero) is 2. The maximum Gasteiger partial charge on any atom is 0.309 e. The highest BCUT2D eigenvalue weighted by Gasteiger charge is 2.41. The van der Waals surface area contributed by atoms with Gasteiger partial charge in [-0.2, -0.15) is 0 Å². The minimum Gasteiger partial charge on any atom is -0.461 e. The largest absolute Gasteiger partial charge is 0.461 e. The van der Waals surface area contributed by atoms with Crippen LogP contribution >= 0.6 is 0 Å². The highest BCUT2D eigenvalue weighted by atomic mass is 16.6. The van der Waals surface area contributed by atoms with Gasteiger partial charge in [0.1, 0.15) is 18.0 Å². The summed E-state index contributed by atoms with van der Waals surface area (Å²) in [5.41, 5.74) is 0.393. The molecule has 0 aliphatic heterocycles. The third-order valence-electron chi connectivity index (χ3n) is 14.3. The van der Waals surface area contributed by atoms with E-state index in [0.717, 1.165) is 82.6 Å². The Morgan fingerprint density at radius 1 is 0.656 bits per heavy atom. The molecule has 0 spiro atoms. The molecule has 3 fully saturated rings. The number of ketones is 2. The van der Waals surface area contributed by atoms with Crippen molar-refractivity contribution in [3.8, 4) is 0 Å². The van der Waals surface area contributed by atoms with Crippen molar-refractivity contribution in [2.75, 3.05) is 0 Å². The standard InChI is InChI=1S/C51H80N2O8/c1-9-38(41-25-17-16-24-37(41)31-47(56)61-51(6,7)8)46(55)29-33(4)48(57)53-44-28-20-19-27-43(44)39(10-2)49(58)52-34(5)45(54)30-36-23-15-18-26-42(36)40(11-3)50(59)60-32-35-21-13-12-14-22-35/h12-14,21-22,33-34,36-44H,9-11,15-20,23-32H2,1-8H3,(H,52,58)(H,53,57)/t33-,34+,36-,37+,38+,39+,40+,41-,42-,43+,44?/m0/s1. The Hall–Kier alpha value is -3.56. The van der Waals surface area contributed by atoms with Gasteiger partial charge in [0, 0.05) is 43.1 Å². The van der Waals surface area contributed by atoms with Crippen LogP contribution in [0.15, 0.2) is 30.3 Å². The summed E-state index contributed by atoms with van der Waals surface area (Å²) < 4.78 is 11.4. The number of benzene rings is 1. The van der Waals surface area contributed by atoms with E-state index in [-0.39, 0.29) is 102 Å². The van der Waals surface area contributed by atoms with Crippen molar-refractivity contribution < 1.29 is 38.2 Å². The minimum atomic E-state index is -0.670. The van der Waals surface area contributed by atoms with Gasteiger partial charge in [0.05, 0.1) is 12.0 Å². The molecule has 10 heteroatoms. The SMILES string of the molecule is CC[C@@H](C(=O)C[C@H](C)C(=O)NC1CCCC[C@@H]1[C@@H](CC)C(=O)N[C@H](C)C(=O)C[C@@H]1CCCC[C@@H]1[C@@H](CC)C(=O)OCc1ccccc1)[C@H]1CCCC[C@@H]1CC(=O)OC(C)(C)C. The van der Waals surface area contributed by atoms with Gasteiger partial charge in [-0.1, -0.05) is 96.6 Å². The van der Waals surface area contributed by atoms with Gasteiger partial charge in [0.25, 0.3) is 0 Å². The first-order valence-corrected chi connectivity index (χ1v) is 24.1. The molecule has 3 aliphatic rings. The van der Waals surface area contributed by atoms with Crippen LogP contribution < -0.4 is 10.6 Å². The second kappa shape index (κ2) is 24.3. The molecule has 1 unspecified atom stereocenters. The molecule has 342 valence electrons. The third kappa shape index (κ3) is 15.0. The summed E-state index contributed by atoms with van der Waals surface area (Å²) in [6.45, 7) is 15.5. The molecule has 1 aromatic carbocycles. The fourth-order valence-electron chi connectivity index (χ4n) is 11.1. The lowest BCUT2D eigenvalue weighted by molar-refractivity contribution is -0.157. The molecular formula is C51H80N2O8. The van der Waals surface area contributed by atoms with Crippen LogP contribution in [0.2, 0.25) is 0 Å². The van der Waals surface area contributed by atoms with Gasteiger partial charge < -0.3 is 20.1 Å². The van der Waals surface area contributed by atoms with E-state index in [2.05, 4.69) is 10.6 Å². The zero-order chi connectivity index (χ0) is 44.7. The quantitative estimate of drug-likeness (QED) is 0.116. The lowest BCUT2D eigenvalue weighted by atomic mass is 9.68. The lowest BCUT2D eigenvalue weighted by Gasteiger charge is -2.38. The summed E-state index contributed by atoms with van der Waals surface area (Å²) in [5, 5.41) is 6.35. The van der Waals surface area contributed by atoms with Crippen LogP contribution in [0.3, 0.4) is 0 Å². The van der Waals surface area contributed by atoms with Gasteiger partial charge in [-0.05, 0) is 121 Å². The Labute approximate surface area is 367 Å². The summed E-state index contributed by atoms with van der Waals surface area (Å²) in [6, 6.07) is 8.81. The van der Waals surface area contributed by atoms with Crippen molar-refractivity contribution in [3.63, 3.8) is 0 Å². The number of hydrogen-bond donors (Lipinski definition) is 2. The number of carbonyl (C=O) groups excluding carboxylic acids is 6. The van der Waals surface area contributed by atoms with Gasteiger partial charge in [-0.3, -0.25) is 28.8 Å². The van der Waals surface area contributed by atoms with Crippen LogP contribution in [-0.4, -0.2) is 53.0 Å². The molecule has 3 aliphatic carbocycles. The van der Waals surface area contributed by atoms with Gasteiger partial charge >= 0.3 is 11.9 Å². The third-order valence-corrected chi connectivity index (χ3v) is 14.3. The molecule has 2 amide bonds. The number of hydrogen-bond acceptors (Lipinski definition) is 8. The molecule has 3 saturated carbocycles. The van der Waals surface area contributed by atoms with E-state index in [9.17, 15) is 28.8 Å². The van der Waals surface area contributed by atoms with Crippen molar-refractivity contribution >= 4 is 35.3 Å². The highest BCUT2D eigenvalue weighted by Crippen LogP contribution is 2.42. The summed E-state index contributed by atoms with van der Waals surface area (Å²) in [5.74, 6) is -1.82. The van der Waals surface area contributed by atoms with Crippen LogP contribution in [0.4, 0.5) is 0 Å². The highest BCUT2D eigenvalue weighted by molar-refractivity contribution is 5.90. The predicted octanol–water partition coefficient (Wildman–Crippen LogP) is 9.89. The van der Waals surface area contributed by atoms with Gasteiger partial charge in [-0.15, -0.1) is 0 Å². The Morgan fingerprint density at radius 3 is 1.79 bits per heavy atom. The maximum atomic E-state index is 14.0. The number of ether oxygens (including phenoxy) is 2. The van der Waals surface area contributed by atoms with E-state index in [1.54, 1.807) is 6.92 Å². The van der Waals surface area contributed by atoms with Crippen molar-refractivity contribution in [2.24, 2.45) is 53.3 Å². The zero-order valence-electron chi connectivity index (χ0n) is 38.9. The smallest absolute Gasteiger partial charge is 0.309 e. The number of rotatable bonds is 21. The van der Waals surface area contributed by atoms with Crippen molar-refractivity contribution in [3.05, 3.63) is 35.9 Å². The minimum absolute atomic E-state index is 0.0191. The monoisotopic (exact) mass is 849 g/mol. The molecule has 61 heavy (non-hydrogen) atoms. The molecule has 10 nitrogen and oxygen atoms in total. The molecular weight excluding hydrogens is 769 g/mol. The molecule has 0 aromatic heterocycles. The van der Waals surface area contributed by atoms with Crippen molar-refractivity contribution in [1.29, 1.82) is 0 Å². The molecule has 1 aromatic rings. The van der Waals surface area contributed by atoms with Gasteiger partial charge in [0.15, 0.2) is 5.78 Å². The zero-order valence-corrected chi connectivity index (χ0v) is 38.9. The average Bonchev–Trinajstić information content (AvgIpc) is 3.22. The van der Waals surface area contributed by atoms with Crippen LogP contribution in [0.25, 0.3) is 0 Å². The van der Waals surface area contributed by atoms with Crippen LogP contribution in [0.5, 0.6) is 0 Å². The number of esters is 2. The first-order chi connectivity index (χ1) is 29.1. The lowest BCUT2D eigenvalue weighted by Crippen LogP contribution is -2.51. The van der Waals surface area contributed by atoms with Crippen LogP contribution in [-0.2, 0) is 44.8 Å². The molecule has 2 N–H and O–H groups in total. The fraction of sp³-hybridized carbons (Fsp3) is 0.765. The van der Waals surface area contributed by atoms with Gasteiger partial charge in [0.2, 0.25) is 11.8 Å². The number of amides is 2. The van der Waals surface area contributed by atoms with E-state index in [0.29, 0.717) is 32.1 Å². The van der Waals surface area contributed by atoms with Gasteiger partial charge in [-0.25, -0.2) is 0 Å². The second-order valence-corrected chi connectivity index (χ2v) is 19.9. The topological polar surface area (TPSA) is 145 Å². The molecule has 0 radical (unpaired) electrons. The Bertz CT molecular complexity index is 1590. The Morgan fingerprint density at radius 2 is 1.20 bits per heavy atom. The van der Waals surface area contributed by atoms with Crippen molar-refractivity contribution in [2.45, 2.75) is 195 Å². The number of carbonyl (C=O) groups is 6. The number of nitrogens with one attached hydrogen (secondary N) is 2. The van der Waals surface area contributed by atoms with E-state index >= 15 is 0 Å². The van der Waals surface area contributed by atoms with Crippen molar-refractivity contribution in [1.82, 2.24) is 10.6 Å². The van der Waals surface area contributed by atoms with E-state index in [4.69, 9.17) is 9.47 Å². The summed E-state index contributed by atoms with van der Waals surface area (Å²) in [7, 11) is 0. The Balaban J connectivity index is 1.32. The Kier molecular flexibility index (Phi) is 20.0. The maximum absolute atomic E-state index is 14.0. The summed E-state index contributed by atoms with van der Waals surface area (Å²) in [6.07, 6.45) is 13.8.